The molecular weight excluding hydrogens is 381 g/mol. The highest BCUT2D eigenvalue weighted by molar-refractivity contribution is 5.85. The Labute approximate surface area is 155 Å². The largest absolute Gasteiger partial charge is 0.546 e. The molecule has 0 saturated carbocycles. The van der Waals surface area contributed by atoms with Crippen molar-refractivity contribution in [2.24, 2.45) is 0 Å². The van der Waals surface area contributed by atoms with Gasteiger partial charge >= 0.3 is 6.18 Å². The lowest BCUT2D eigenvalue weighted by molar-refractivity contribution is -0.307. The molecule has 0 aliphatic carbocycles. The fraction of sp³-hybridized carbons (Fsp3) is 0.158. The van der Waals surface area contributed by atoms with E-state index in [1.165, 1.54) is 37.4 Å². The van der Waals surface area contributed by atoms with Crippen molar-refractivity contribution in [3.63, 3.8) is 0 Å². The van der Waals surface area contributed by atoms with E-state index in [1.54, 1.807) is 6.07 Å². The molecule has 3 aromatic rings. The number of carbonyl (C=O) groups is 1. The quantitative estimate of drug-likeness (QED) is 0.662. The second-order valence-corrected chi connectivity index (χ2v) is 5.65. The molecule has 0 fully saturated rings. The highest BCUT2D eigenvalue weighted by atomic mass is 19.4. The lowest BCUT2D eigenvalue weighted by Crippen LogP contribution is -2.28. The zero-order valence-corrected chi connectivity index (χ0v) is 14.3. The third-order valence-corrected chi connectivity index (χ3v) is 3.85. The first-order chi connectivity index (χ1) is 13.2. The molecule has 9 heteroatoms. The second kappa shape index (κ2) is 7.26. The molecule has 6 nitrogen and oxygen atoms in total. The predicted molar refractivity (Wildman–Crippen MR) is 90.0 cm³/mol. The maximum atomic E-state index is 13.6. The van der Waals surface area contributed by atoms with E-state index in [9.17, 15) is 27.9 Å². The Morgan fingerprint density at radius 3 is 2.54 bits per heavy atom. The molecule has 1 aromatic heterocycles. The van der Waals surface area contributed by atoms with Crippen LogP contribution in [-0.2, 0) is 11.0 Å². The molecule has 0 atom stereocenters. The number of hydrogen-bond donors (Lipinski definition) is 0. The van der Waals surface area contributed by atoms with Crippen molar-refractivity contribution >= 4 is 16.9 Å². The second-order valence-electron chi connectivity index (χ2n) is 5.65. The van der Waals surface area contributed by atoms with Crippen molar-refractivity contribution < 1.29 is 37.0 Å². The van der Waals surface area contributed by atoms with Gasteiger partial charge in [0.15, 0.2) is 0 Å². The Kier molecular flexibility index (Phi) is 5.00. The SMILES string of the molecule is COc1ccccc1-c1c(C(F)(F)F)oc2cc(OCC(=O)[O-])ccc2c1=O. The normalized spacial score (nSPS) is 11.4. The van der Waals surface area contributed by atoms with Crippen molar-refractivity contribution in [1.82, 2.24) is 0 Å². The summed E-state index contributed by atoms with van der Waals surface area (Å²) in [7, 11) is 1.27. The Balaban J connectivity index is 2.29. The minimum absolute atomic E-state index is 0.0646. The predicted octanol–water partition coefficient (Wildman–Crippen LogP) is 2.62. The molecule has 0 saturated heterocycles. The number of carboxylic acid groups (broad SMARTS) is 1. The van der Waals surface area contributed by atoms with E-state index in [-0.39, 0.29) is 22.4 Å². The molecule has 2 aromatic carbocycles. The molecule has 0 radical (unpaired) electrons. The molecular formula is C19H12F3O6-. The van der Waals surface area contributed by atoms with Crippen molar-refractivity contribution in [2.45, 2.75) is 6.18 Å². The minimum Gasteiger partial charge on any atom is -0.546 e. The Morgan fingerprint density at radius 2 is 1.89 bits per heavy atom. The van der Waals surface area contributed by atoms with Gasteiger partial charge in [-0.15, -0.1) is 0 Å². The van der Waals surface area contributed by atoms with Gasteiger partial charge in [-0.05, 0) is 18.2 Å². The number of carbonyl (C=O) groups excluding carboxylic acids is 1. The van der Waals surface area contributed by atoms with Crippen LogP contribution >= 0.6 is 0 Å². The van der Waals surface area contributed by atoms with Gasteiger partial charge in [0, 0.05) is 11.6 Å². The first kappa shape index (κ1) is 19.3. The maximum absolute atomic E-state index is 13.6. The zero-order chi connectivity index (χ0) is 20.5. The van der Waals surface area contributed by atoms with E-state index >= 15 is 0 Å². The van der Waals surface area contributed by atoms with Crippen molar-refractivity contribution in [3.8, 4) is 22.6 Å². The zero-order valence-electron chi connectivity index (χ0n) is 14.3. The monoisotopic (exact) mass is 393 g/mol. The van der Waals surface area contributed by atoms with Crippen LogP contribution in [0.1, 0.15) is 5.76 Å². The lowest BCUT2D eigenvalue weighted by Gasteiger charge is -2.15. The van der Waals surface area contributed by atoms with E-state index < -0.39 is 41.1 Å². The number of hydrogen-bond acceptors (Lipinski definition) is 6. The van der Waals surface area contributed by atoms with Crippen LogP contribution < -0.4 is 20.0 Å². The van der Waals surface area contributed by atoms with Gasteiger partial charge < -0.3 is 23.8 Å². The number of benzene rings is 2. The van der Waals surface area contributed by atoms with Crippen molar-refractivity contribution in [2.75, 3.05) is 13.7 Å². The van der Waals surface area contributed by atoms with E-state index in [2.05, 4.69) is 0 Å². The number of ether oxygens (including phenoxy) is 2. The molecule has 0 unspecified atom stereocenters. The summed E-state index contributed by atoms with van der Waals surface area (Å²) in [5.41, 5.74) is -2.05. The number of alkyl halides is 3. The Bertz CT molecular complexity index is 1100. The van der Waals surface area contributed by atoms with Gasteiger partial charge in [-0.25, -0.2) is 0 Å². The van der Waals surface area contributed by atoms with E-state index in [0.717, 1.165) is 6.07 Å². The van der Waals surface area contributed by atoms with Gasteiger partial charge in [0.25, 0.3) is 0 Å². The molecule has 0 aliphatic rings. The summed E-state index contributed by atoms with van der Waals surface area (Å²) < 4.78 is 55.9. The number of fused-ring (bicyclic) bond motifs is 1. The lowest BCUT2D eigenvalue weighted by atomic mass is 10.0. The first-order valence-corrected chi connectivity index (χ1v) is 7.86. The molecule has 0 amide bonds. The van der Waals surface area contributed by atoms with Crippen LogP contribution in [0.2, 0.25) is 0 Å². The summed E-state index contributed by atoms with van der Waals surface area (Å²) in [5.74, 6) is -3.01. The number of aliphatic carboxylic acids is 1. The Hall–Kier alpha value is -3.49. The smallest absolute Gasteiger partial charge is 0.450 e. The van der Waals surface area contributed by atoms with Crippen LogP contribution in [0.25, 0.3) is 22.1 Å². The van der Waals surface area contributed by atoms with Gasteiger partial charge in [-0.3, -0.25) is 4.79 Å². The summed E-state index contributed by atoms with van der Waals surface area (Å²) in [6.45, 7) is -0.804. The number of carboxylic acids is 1. The summed E-state index contributed by atoms with van der Waals surface area (Å²) in [6.07, 6.45) is -4.97. The first-order valence-electron chi connectivity index (χ1n) is 7.86. The van der Waals surface area contributed by atoms with Gasteiger partial charge in [0.1, 0.15) is 23.7 Å². The highest BCUT2D eigenvalue weighted by Gasteiger charge is 2.40. The molecule has 28 heavy (non-hydrogen) atoms. The standard InChI is InChI=1S/C19H13F3O6/c1-26-13-5-3-2-4-11(13)16-17(25)12-7-6-10(27-9-15(23)24)8-14(12)28-18(16)19(20,21)22/h2-8H,9H2,1H3,(H,23,24)/p-1. The van der Waals surface area contributed by atoms with Crippen LogP contribution in [0.4, 0.5) is 13.2 Å². The Morgan fingerprint density at radius 1 is 1.18 bits per heavy atom. The summed E-state index contributed by atoms with van der Waals surface area (Å²) in [4.78, 5) is 23.3. The van der Waals surface area contributed by atoms with Crippen LogP contribution in [0.5, 0.6) is 11.5 Å². The molecule has 0 bridgehead atoms. The number of rotatable bonds is 5. The molecule has 0 aliphatic heterocycles. The number of halogens is 3. The fourth-order valence-electron chi connectivity index (χ4n) is 2.70. The summed E-state index contributed by atoms with van der Waals surface area (Å²) >= 11 is 0. The van der Waals surface area contributed by atoms with Crippen LogP contribution in [-0.4, -0.2) is 19.7 Å². The summed E-state index contributed by atoms with van der Waals surface area (Å²) in [5, 5.41) is 10.3. The molecule has 0 N–H and O–H groups in total. The maximum Gasteiger partial charge on any atom is 0.450 e. The third kappa shape index (κ3) is 3.64. The molecule has 0 spiro atoms. The van der Waals surface area contributed by atoms with Crippen LogP contribution in [0, 0.1) is 0 Å². The van der Waals surface area contributed by atoms with Crippen LogP contribution in [0.3, 0.4) is 0 Å². The molecule has 1 heterocycles. The van der Waals surface area contributed by atoms with Crippen molar-refractivity contribution in [3.05, 3.63) is 58.4 Å². The van der Waals surface area contributed by atoms with Crippen molar-refractivity contribution in [1.29, 1.82) is 0 Å². The van der Waals surface area contributed by atoms with Gasteiger partial charge in [-0.1, -0.05) is 18.2 Å². The number of para-hydroxylation sites is 1. The van der Waals surface area contributed by atoms with E-state index in [1.807, 2.05) is 0 Å². The molecule has 3 rings (SSSR count). The average molecular weight is 393 g/mol. The topological polar surface area (TPSA) is 88.8 Å². The van der Waals surface area contributed by atoms with Gasteiger partial charge in [0.05, 0.1) is 24.0 Å². The highest BCUT2D eigenvalue weighted by Crippen LogP contribution is 2.40. The fourth-order valence-corrected chi connectivity index (χ4v) is 2.70. The number of methoxy groups -OCH3 is 1. The average Bonchev–Trinajstić information content (AvgIpc) is 2.65. The van der Waals surface area contributed by atoms with E-state index in [4.69, 9.17) is 13.9 Å². The van der Waals surface area contributed by atoms with Gasteiger partial charge in [-0.2, -0.15) is 13.2 Å². The minimum atomic E-state index is -4.97. The van der Waals surface area contributed by atoms with Gasteiger partial charge in [0.2, 0.25) is 11.2 Å². The molecule has 146 valence electrons. The third-order valence-electron chi connectivity index (χ3n) is 3.85. The summed E-state index contributed by atoms with van der Waals surface area (Å²) in [6, 6.07) is 9.24. The van der Waals surface area contributed by atoms with E-state index in [0.29, 0.717) is 0 Å². The van der Waals surface area contributed by atoms with Crippen LogP contribution in [0.15, 0.2) is 51.7 Å².